The molecule has 1 aromatic carbocycles. The molecule has 21 heavy (non-hydrogen) atoms. The zero-order chi connectivity index (χ0) is 15.6. The largest absolute Gasteiger partial charge is 0.480 e. The number of carboxylic acids is 1. The molecular weight excluding hydrogens is 268 g/mol. The first-order valence-corrected chi connectivity index (χ1v) is 7.14. The summed E-state index contributed by atoms with van der Waals surface area (Å²) in [6.45, 7) is 5.36. The highest BCUT2D eigenvalue weighted by molar-refractivity contribution is 5.83. The molecule has 0 aliphatic heterocycles. The molecule has 1 aromatic rings. The van der Waals surface area contributed by atoms with Gasteiger partial charge in [-0.1, -0.05) is 51.1 Å². The highest BCUT2D eigenvalue weighted by Crippen LogP contribution is 2.40. The van der Waals surface area contributed by atoms with Gasteiger partial charge in [0.15, 0.2) is 0 Å². The van der Waals surface area contributed by atoms with Gasteiger partial charge in [-0.15, -0.1) is 0 Å². The summed E-state index contributed by atoms with van der Waals surface area (Å²) in [6, 6.07) is 8.75. The smallest absolute Gasteiger partial charge is 0.326 e. The first-order chi connectivity index (χ1) is 9.79. The number of carboxylic acid groups (broad SMARTS) is 1. The molecule has 114 valence electrons. The minimum absolute atomic E-state index is 0.0850. The average molecular weight is 290 g/mol. The zero-order valence-electron chi connectivity index (χ0n) is 12.6. The topological polar surface area (TPSA) is 78.4 Å². The van der Waals surface area contributed by atoms with Crippen molar-refractivity contribution in [3.8, 4) is 0 Å². The minimum atomic E-state index is -1.02. The number of carbonyl (C=O) groups is 2. The van der Waals surface area contributed by atoms with Crippen molar-refractivity contribution >= 4 is 12.0 Å². The van der Waals surface area contributed by atoms with Gasteiger partial charge in [0, 0.05) is 12.0 Å². The molecule has 3 N–H and O–H groups in total. The second-order valence-corrected chi connectivity index (χ2v) is 6.61. The Kier molecular flexibility index (Phi) is 4.21. The van der Waals surface area contributed by atoms with Crippen LogP contribution in [0.5, 0.6) is 0 Å². The minimum Gasteiger partial charge on any atom is -0.480 e. The molecule has 5 nitrogen and oxygen atoms in total. The fourth-order valence-electron chi connectivity index (χ4n) is 2.41. The van der Waals surface area contributed by atoms with Crippen LogP contribution < -0.4 is 10.6 Å². The first kappa shape index (κ1) is 15.4. The normalized spacial score (nSPS) is 22.2. The lowest BCUT2D eigenvalue weighted by molar-refractivity contribution is -0.141. The van der Waals surface area contributed by atoms with E-state index in [-0.39, 0.29) is 6.04 Å². The third-order valence-corrected chi connectivity index (χ3v) is 3.72. The van der Waals surface area contributed by atoms with Crippen LogP contribution >= 0.6 is 0 Å². The second kappa shape index (κ2) is 5.76. The number of benzene rings is 1. The standard InChI is InChI=1S/C16H22N2O3/c1-16(2,3)13(14(19)20)18-15(21)17-12-9-11(12)10-7-5-4-6-8-10/h4-8,11-13H,9H2,1-3H3,(H,19,20)(H2,17,18,21)/t11?,12?,13-/m0/s1. The van der Waals surface area contributed by atoms with Crippen LogP contribution in [0.25, 0.3) is 0 Å². The highest BCUT2D eigenvalue weighted by Gasteiger charge is 2.40. The fourth-order valence-corrected chi connectivity index (χ4v) is 2.41. The van der Waals surface area contributed by atoms with E-state index >= 15 is 0 Å². The van der Waals surface area contributed by atoms with Crippen LogP contribution in [-0.2, 0) is 4.79 Å². The Morgan fingerprint density at radius 2 is 1.86 bits per heavy atom. The van der Waals surface area contributed by atoms with Crippen molar-refractivity contribution in [2.75, 3.05) is 0 Å². The van der Waals surface area contributed by atoms with Crippen molar-refractivity contribution in [2.24, 2.45) is 5.41 Å². The number of amides is 2. The van der Waals surface area contributed by atoms with Gasteiger partial charge in [0.05, 0.1) is 0 Å². The predicted molar refractivity (Wildman–Crippen MR) is 80.1 cm³/mol. The Balaban J connectivity index is 1.88. The Bertz CT molecular complexity index is 522. The maximum Gasteiger partial charge on any atom is 0.326 e. The van der Waals surface area contributed by atoms with E-state index in [1.54, 1.807) is 20.8 Å². The zero-order valence-corrected chi connectivity index (χ0v) is 12.6. The molecule has 2 unspecified atom stereocenters. The summed E-state index contributed by atoms with van der Waals surface area (Å²) in [5, 5.41) is 14.6. The number of aliphatic carboxylic acids is 1. The van der Waals surface area contributed by atoms with Gasteiger partial charge in [0.1, 0.15) is 6.04 Å². The SMILES string of the molecule is CC(C)(C)[C@@H](NC(=O)NC1CC1c1ccccc1)C(=O)O. The van der Waals surface area contributed by atoms with E-state index in [1.807, 2.05) is 30.3 Å². The van der Waals surface area contributed by atoms with Crippen LogP contribution in [-0.4, -0.2) is 29.2 Å². The van der Waals surface area contributed by atoms with E-state index in [0.29, 0.717) is 5.92 Å². The quantitative estimate of drug-likeness (QED) is 0.796. The average Bonchev–Trinajstić information content (AvgIpc) is 3.14. The van der Waals surface area contributed by atoms with Crippen molar-refractivity contribution in [1.29, 1.82) is 0 Å². The number of rotatable bonds is 4. The summed E-state index contributed by atoms with van der Waals surface area (Å²) in [7, 11) is 0. The molecule has 0 aromatic heterocycles. The van der Waals surface area contributed by atoms with E-state index in [9.17, 15) is 14.7 Å². The molecule has 2 rings (SSSR count). The third kappa shape index (κ3) is 3.97. The van der Waals surface area contributed by atoms with Crippen LogP contribution in [0.3, 0.4) is 0 Å². The molecular formula is C16H22N2O3. The second-order valence-electron chi connectivity index (χ2n) is 6.61. The summed E-state index contributed by atoms with van der Waals surface area (Å²) in [4.78, 5) is 23.2. The van der Waals surface area contributed by atoms with Gasteiger partial charge in [0.2, 0.25) is 0 Å². The number of urea groups is 1. The van der Waals surface area contributed by atoms with Gasteiger partial charge >= 0.3 is 12.0 Å². The van der Waals surface area contributed by atoms with Crippen molar-refractivity contribution in [2.45, 2.75) is 45.2 Å². The van der Waals surface area contributed by atoms with Crippen LogP contribution in [0.2, 0.25) is 0 Å². The van der Waals surface area contributed by atoms with Crippen LogP contribution in [0, 0.1) is 5.41 Å². The monoisotopic (exact) mass is 290 g/mol. The van der Waals surface area contributed by atoms with Crippen LogP contribution in [0.4, 0.5) is 4.79 Å². The predicted octanol–water partition coefficient (Wildman–Crippen LogP) is 2.34. The third-order valence-electron chi connectivity index (χ3n) is 3.72. The summed E-state index contributed by atoms with van der Waals surface area (Å²) >= 11 is 0. The molecule has 0 saturated heterocycles. The van der Waals surface area contributed by atoms with Crippen LogP contribution in [0.1, 0.15) is 38.7 Å². The number of hydrogen-bond acceptors (Lipinski definition) is 2. The Labute approximate surface area is 124 Å². The maximum atomic E-state index is 11.9. The van der Waals surface area contributed by atoms with Crippen molar-refractivity contribution in [3.05, 3.63) is 35.9 Å². The highest BCUT2D eigenvalue weighted by atomic mass is 16.4. The van der Waals surface area contributed by atoms with Crippen LogP contribution in [0.15, 0.2) is 30.3 Å². The maximum absolute atomic E-state index is 11.9. The molecule has 5 heteroatoms. The Hall–Kier alpha value is -2.04. The van der Waals surface area contributed by atoms with E-state index in [1.165, 1.54) is 5.56 Å². The van der Waals surface area contributed by atoms with Gasteiger partial charge in [-0.25, -0.2) is 9.59 Å². The van der Waals surface area contributed by atoms with Gasteiger partial charge < -0.3 is 15.7 Å². The van der Waals surface area contributed by atoms with E-state index in [2.05, 4.69) is 10.6 Å². The van der Waals surface area contributed by atoms with Gasteiger partial charge in [-0.2, -0.15) is 0 Å². The van der Waals surface area contributed by atoms with E-state index in [4.69, 9.17) is 0 Å². The molecule has 1 saturated carbocycles. The molecule has 1 aliphatic rings. The number of carbonyl (C=O) groups excluding carboxylic acids is 1. The fraction of sp³-hybridized carbons (Fsp3) is 0.500. The lowest BCUT2D eigenvalue weighted by Gasteiger charge is -2.27. The molecule has 1 fully saturated rings. The molecule has 1 aliphatic carbocycles. The van der Waals surface area contributed by atoms with E-state index < -0.39 is 23.5 Å². The summed E-state index contributed by atoms with van der Waals surface area (Å²) < 4.78 is 0. The molecule has 0 radical (unpaired) electrons. The molecule has 0 bridgehead atoms. The lowest BCUT2D eigenvalue weighted by atomic mass is 9.87. The summed E-state index contributed by atoms with van der Waals surface area (Å²) in [6.07, 6.45) is 0.894. The Morgan fingerprint density at radius 3 is 2.38 bits per heavy atom. The molecule has 2 amide bonds. The van der Waals surface area contributed by atoms with Gasteiger partial charge in [-0.05, 0) is 17.4 Å². The lowest BCUT2D eigenvalue weighted by Crippen LogP contribution is -2.52. The number of nitrogens with one attached hydrogen (secondary N) is 2. The van der Waals surface area contributed by atoms with Gasteiger partial charge in [0.25, 0.3) is 0 Å². The van der Waals surface area contributed by atoms with Crippen molar-refractivity contribution < 1.29 is 14.7 Å². The Morgan fingerprint density at radius 1 is 1.24 bits per heavy atom. The summed E-state index contributed by atoms with van der Waals surface area (Å²) in [5.41, 5.74) is 0.666. The van der Waals surface area contributed by atoms with Crippen molar-refractivity contribution in [1.82, 2.24) is 10.6 Å². The molecule has 0 spiro atoms. The van der Waals surface area contributed by atoms with Gasteiger partial charge in [-0.3, -0.25) is 0 Å². The van der Waals surface area contributed by atoms with Crippen molar-refractivity contribution in [3.63, 3.8) is 0 Å². The molecule has 3 atom stereocenters. The van der Waals surface area contributed by atoms with E-state index in [0.717, 1.165) is 6.42 Å². The number of hydrogen-bond donors (Lipinski definition) is 3. The summed E-state index contributed by atoms with van der Waals surface area (Å²) in [5.74, 6) is -0.692. The first-order valence-electron chi connectivity index (χ1n) is 7.14. The molecule has 0 heterocycles.